The van der Waals surface area contributed by atoms with E-state index in [1.807, 2.05) is 18.2 Å². The van der Waals surface area contributed by atoms with E-state index in [1.165, 1.54) is 0 Å². The van der Waals surface area contributed by atoms with Gasteiger partial charge in [-0.1, -0.05) is 54.6 Å². The lowest BCUT2D eigenvalue weighted by Gasteiger charge is -2.28. The fourth-order valence-electron chi connectivity index (χ4n) is 4.08. The summed E-state index contributed by atoms with van der Waals surface area (Å²) in [5, 5.41) is 14.4. The fourth-order valence-corrected chi connectivity index (χ4v) is 5.06. The maximum atomic E-state index is 12.2. The molecule has 26 heavy (non-hydrogen) atoms. The molecule has 0 heterocycles. The SMILES string of the molecule is OC1(c2cccc3ccccc23)c2cc(I)ccc2-c2ccc(I)cc21. The Hall–Kier alpha value is -1.44. The zero-order valence-corrected chi connectivity index (χ0v) is 18.0. The Morgan fingerprint density at radius 3 is 1.85 bits per heavy atom. The van der Waals surface area contributed by atoms with E-state index >= 15 is 0 Å². The number of rotatable bonds is 1. The van der Waals surface area contributed by atoms with Gasteiger partial charge in [-0.25, -0.2) is 0 Å². The molecule has 3 heteroatoms. The predicted molar refractivity (Wildman–Crippen MR) is 123 cm³/mol. The van der Waals surface area contributed by atoms with Crippen molar-refractivity contribution in [2.45, 2.75) is 5.60 Å². The Balaban J connectivity index is 1.94. The zero-order chi connectivity index (χ0) is 17.9. The van der Waals surface area contributed by atoms with Crippen LogP contribution in [-0.2, 0) is 5.60 Å². The molecule has 126 valence electrons. The van der Waals surface area contributed by atoms with Crippen molar-refractivity contribution < 1.29 is 5.11 Å². The van der Waals surface area contributed by atoms with Gasteiger partial charge in [0.15, 0.2) is 0 Å². The Morgan fingerprint density at radius 1 is 0.615 bits per heavy atom. The average molecular weight is 560 g/mol. The Kier molecular flexibility index (Phi) is 3.88. The molecule has 1 N–H and O–H groups in total. The first-order valence-electron chi connectivity index (χ1n) is 8.40. The molecular weight excluding hydrogens is 546 g/mol. The van der Waals surface area contributed by atoms with Gasteiger partial charge in [-0.3, -0.25) is 0 Å². The molecule has 5 rings (SSSR count). The minimum absolute atomic E-state index is 0.944. The second-order valence-electron chi connectivity index (χ2n) is 6.62. The number of hydrogen-bond acceptors (Lipinski definition) is 1. The van der Waals surface area contributed by atoms with Crippen LogP contribution in [0.1, 0.15) is 16.7 Å². The summed E-state index contributed by atoms with van der Waals surface area (Å²) in [6.45, 7) is 0. The Morgan fingerprint density at radius 2 is 1.19 bits per heavy atom. The van der Waals surface area contributed by atoms with Gasteiger partial charge in [-0.05, 0) is 91.3 Å². The van der Waals surface area contributed by atoms with Gasteiger partial charge in [-0.2, -0.15) is 0 Å². The van der Waals surface area contributed by atoms with E-state index in [0.717, 1.165) is 45.7 Å². The quantitative estimate of drug-likeness (QED) is 0.271. The lowest BCUT2D eigenvalue weighted by atomic mass is 9.82. The zero-order valence-electron chi connectivity index (χ0n) is 13.7. The highest BCUT2D eigenvalue weighted by Gasteiger charge is 2.44. The molecule has 1 aliphatic carbocycles. The van der Waals surface area contributed by atoms with E-state index in [0.29, 0.717) is 0 Å². The summed E-state index contributed by atoms with van der Waals surface area (Å²) in [7, 11) is 0. The van der Waals surface area contributed by atoms with Crippen molar-refractivity contribution in [2.75, 3.05) is 0 Å². The van der Waals surface area contributed by atoms with Crippen molar-refractivity contribution in [1.82, 2.24) is 0 Å². The third kappa shape index (κ3) is 2.30. The number of fused-ring (bicyclic) bond motifs is 4. The van der Waals surface area contributed by atoms with Gasteiger partial charge in [0, 0.05) is 23.8 Å². The molecule has 0 fully saturated rings. The van der Waals surface area contributed by atoms with E-state index in [1.54, 1.807) is 0 Å². The van der Waals surface area contributed by atoms with Crippen molar-refractivity contribution in [2.24, 2.45) is 0 Å². The smallest absolute Gasteiger partial charge is 0.142 e. The van der Waals surface area contributed by atoms with Gasteiger partial charge < -0.3 is 5.11 Å². The molecular formula is C23H14I2O. The van der Waals surface area contributed by atoms with Crippen LogP contribution in [0.25, 0.3) is 21.9 Å². The van der Waals surface area contributed by atoms with Crippen molar-refractivity contribution in [3.8, 4) is 11.1 Å². The third-order valence-corrected chi connectivity index (χ3v) is 6.55. The van der Waals surface area contributed by atoms with Gasteiger partial charge in [0.05, 0.1) is 0 Å². The van der Waals surface area contributed by atoms with Crippen molar-refractivity contribution >= 4 is 56.0 Å². The molecule has 4 aromatic rings. The van der Waals surface area contributed by atoms with Crippen LogP contribution in [0.5, 0.6) is 0 Å². The highest BCUT2D eigenvalue weighted by molar-refractivity contribution is 14.1. The molecule has 0 unspecified atom stereocenters. The van der Waals surface area contributed by atoms with Crippen LogP contribution in [0, 0.1) is 7.14 Å². The lowest BCUT2D eigenvalue weighted by Crippen LogP contribution is -2.26. The summed E-state index contributed by atoms with van der Waals surface area (Å²) in [6, 6.07) is 27.2. The molecule has 0 saturated carbocycles. The molecule has 0 bridgehead atoms. The highest BCUT2D eigenvalue weighted by atomic mass is 127. The molecule has 0 spiro atoms. The van der Waals surface area contributed by atoms with Crippen LogP contribution in [0.15, 0.2) is 78.9 Å². The van der Waals surface area contributed by atoms with Crippen LogP contribution in [0.2, 0.25) is 0 Å². The van der Waals surface area contributed by atoms with Crippen LogP contribution < -0.4 is 0 Å². The van der Waals surface area contributed by atoms with E-state index in [-0.39, 0.29) is 0 Å². The maximum Gasteiger partial charge on any atom is 0.142 e. The number of hydrogen-bond donors (Lipinski definition) is 1. The monoisotopic (exact) mass is 560 g/mol. The highest BCUT2D eigenvalue weighted by Crippen LogP contribution is 2.52. The molecule has 0 amide bonds. The third-order valence-electron chi connectivity index (χ3n) is 5.21. The van der Waals surface area contributed by atoms with Crippen LogP contribution in [-0.4, -0.2) is 5.11 Å². The van der Waals surface area contributed by atoms with Gasteiger partial charge in [0.1, 0.15) is 5.60 Å². The standard InChI is InChI=1S/C23H14I2O/c24-15-8-10-18-19-11-9-16(25)13-22(19)23(26,21(18)12-15)20-7-3-5-14-4-1-2-6-17(14)20/h1-13,26H. The normalized spacial score (nSPS) is 14.3. The van der Waals surface area contributed by atoms with Crippen molar-refractivity contribution in [3.05, 3.63) is 103 Å². The minimum atomic E-state index is -1.14. The molecule has 0 radical (unpaired) electrons. The first-order valence-corrected chi connectivity index (χ1v) is 10.6. The summed E-state index contributed by atoms with van der Waals surface area (Å²) < 4.78 is 2.25. The van der Waals surface area contributed by atoms with Crippen molar-refractivity contribution in [1.29, 1.82) is 0 Å². The van der Waals surface area contributed by atoms with E-state index in [2.05, 4.69) is 106 Å². The largest absolute Gasteiger partial charge is 0.376 e. The predicted octanol–water partition coefficient (Wildman–Crippen LogP) is 6.31. The van der Waals surface area contributed by atoms with Crippen LogP contribution in [0.4, 0.5) is 0 Å². The van der Waals surface area contributed by atoms with E-state index in [9.17, 15) is 5.11 Å². The van der Waals surface area contributed by atoms with Gasteiger partial charge in [0.2, 0.25) is 0 Å². The molecule has 0 atom stereocenters. The fraction of sp³-hybridized carbons (Fsp3) is 0.0435. The average Bonchev–Trinajstić information content (AvgIpc) is 2.90. The van der Waals surface area contributed by atoms with E-state index < -0.39 is 5.60 Å². The topological polar surface area (TPSA) is 20.2 Å². The molecule has 0 saturated heterocycles. The molecule has 0 aromatic heterocycles. The second-order valence-corrected chi connectivity index (χ2v) is 9.11. The summed E-state index contributed by atoms with van der Waals surface area (Å²) >= 11 is 4.64. The first-order chi connectivity index (χ1) is 12.6. The summed E-state index contributed by atoms with van der Waals surface area (Å²) in [5.74, 6) is 0. The number of benzene rings is 4. The summed E-state index contributed by atoms with van der Waals surface area (Å²) in [5.41, 5.74) is 3.98. The first kappa shape index (κ1) is 16.7. The number of aliphatic hydroxyl groups is 1. The second kappa shape index (κ2) is 6.04. The van der Waals surface area contributed by atoms with Gasteiger partial charge in [0.25, 0.3) is 0 Å². The van der Waals surface area contributed by atoms with Crippen molar-refractivity contribution in [3.63, 3.8) is 0 Å². The molecule has 0 aliphatic heterocycles. The molecule has 4 aromatic carbocycles. The summed E-state index contributed by atoms with van der Waals surface area (Å²) in [4.78, 5) is 0. The van der Waals surface area contributed by atoms with E-state index in [4.69, 9.17) is 0 Å². The molecule has 1 nitrogen and oxygen atoms in total. The number of halogens is 2. The Bertz CT molecular complexity index is 1120. The minimum Gasteiger partial charge on any atom is -0.376 e. The molecule has 1 aliphatic rings. The van der Waals surface area contributed by atoms with Crippen LogP contribution in [0.3, 0.4) is 0 Å². The maximum absolute atomic E-state index is 12.2. The summed E-state index contributed by atoms with van der Waals surface area (Å²) in [6.07, 6.45) is 0. The van der Waals surface area contributed by atoms with Gasteiger partial charge >= 0.3 is 0 Å². The Labute approximate surface area is 179 Å². The van der Waals surface area contributed by atoms with Gasteiger partial charge in [-0.15, -0.1) is 0 Å². The lowest BCUT2D eigenvalue weighted by molar-refractivity contribution is 0.132. The van der Waals surface area contributed by atoms with Crippen LogP contribution >= 0.6 is 45.2 Å².